The maximum Gasteiger partial charge on any atom is 0.234 e. The van der Waals surface area contributed by atoms with Crippen LogP contribution in [0, 0.1) is 0 Å². The lowest BCUT2D eigenvalue weighted by Gasteiger charge is -2.21. The highest BCUT2D eigenvalue weighted by Gasteiger charge is 2.21. The molecular formula is C19H20ClN5O3S2. The lowest BCUT2D eigenvalue weighted by molar-refractivity contribution is -0.113. The van der Waals surface area contributed by atoms with Crippen molar-refractivity contribution < 1.29 is 13.2 Å². The van der Waals surface area contributed by atoms with Crippen molar-refractivity contribution in [3.05, 3.63) is 65.4 Å². The van der Waals surface area contributed by atoms with Gasteiger partial charge in [-0.05, 0) is 30.3 Å². The summed E-state index contributed by atoms with van der Waals surface area (Å²) in [7, 11) is -1.78. The molecule has 11 heteroatoms. The van der Waals surface area contributed by atoms with Gasteiger partial charge in [0, 0.05) is 17.8 Å². The fraction of sp³-hybridized carbons (Fsp3) is 0.211. The average Bonchev–Trinajstić information content (AvgIpc) is 3.04. The topological polar surface area (TPSA) is 97.2 Å². The minimum absolute atomic E-state index is 0.0294. The quantitative estimate of drug-likeness (QED) is 0.513. The molecule has 0 radical (unpaired) electrons. The van der Waals surface area contributed by atoms with E-state index in [-0.39, 0.29) is 18.2 Å². The van der Waals surface area contributed by atoms with Gasteiger partial charge in [-0.15, -0.1) is 10.2 Å². The van der Waals surface area contributed by atoms with Crippen LogP contribution in [0.2, 0.25) is 5.02 Å². The average molecular weight is 466 g/mol. The molecule has 2 aromatic carbocycles. The van der Waals surface area contributed by atoms with Crippen LogP contribution in [-0.2, 0) is 28.4 Å². The molecule has 1 aromatic heterocycles. The van der Waals surface area contributed by atoms with Gasteiger partial charge in [-0.1, -0.05) is 47.6 Å². The van der Waals surface area contributed by atoms with Crippen LogP contribution in [0.1, 0.15) is 5.82 Å². The number of sulfonamides is 1. The smallest absolute Gasteiger partial charge is 0.234 e. The van der Waals surface area contributed by atoms with E-state index in [9.17, 15) is 13.2 Å². The Morgan fingerprint density at radius 3 is 2.57 bits per heavy atom. The predicted molar refractivity (Wildman–Crippen MR) is 119 cm³/mol. The number of amides is 1. The van der Waals surface area contributed by atoms with Crippen molar-refractivity contribution in [1.82, 2.24) is 14.8 Å². The summed E-state index contributed by atoms with van der Waals surface area (Å²) in [6, 6.07) is 15.7. The number of benzene rings is 2. The van der Waals surface area contributed by atoms with Crippen molar-refractivity contribution in [2.45, 2.75) is 11.7 Å². The Bertz CT molecular complexity index is 1140. The molecule has 0 aliphatic heterocycles. The predicted octanol–water partition coefficient (Wildman–Crippen LogP) is 3.17. The Balaban J connectivity index is 1.67. The van der Waals surface area contributed by atoms with Crippen LogP contribution >= 0.6 is 23.4 Å². The van der Waals surface area contributed by atoms with Gasteiger partial charge < -0.3 is 9.88 Å². The molecule has 0 spiro atoms. The second-order valence-electron chi connectivity index (χ2n) is 6.41. The zero-order valence-electron chi connectivity index (χ0n) is 16.3. The van der Waals surface area contributed by atoms with E-state index < -0.39 is 10.0 Å². The number of thioether (sulfide) groups is 1. The third-order valence-electron chi connectivity index (χ3n) is 4.10. The molecule has 1 heterocycles. The molecular weight excluding hydrogens is 446 g/mol. The van der Waals surface area contributed by atoms with E-state index in [1.165, 1.54) is 16.1 Å². The van der Waals surface area contributed by atoms with Crippen LogP contribution in [0.4, 0.5) is 11.4 Å². The van der Waals surface area contributed by atoms with Gasteiger partial charge in [0.1, 0.15) is 0 Å². The van der Waals surface area contributed by atoms with E-state index in [0.29, 0.717) is 27.4 Å². The normalized spacial score (nSPS) is 11.3. The zero-order valence-corrected chi connectivity index (χ0v) is 18.7. The van der Waals surface area contributed by atoms with Crippen LogP contribution in [0.15, 0.2) is 59.8 Å². The Hall–Kier alpha value is -2.56. The number of nitrogens with one attached hydrogen (secondary N) is 1. The highest BCUT2D eigenvalue weighted by atomic mass is 35.5. The first-order valence-corrected chi connectivity index (χ1v) is 12.0. The molecule has 0 saturated carbocycles. The van der Waals surface area contributed by atoms with E-state index >= 15 is 0 Å². The standard InChI is InChI=1S/C19H20ClN5O3S2/c1-24-17(12-25(30(2,27)28)16-9-4-3-5-10-16)22-23-19(24)29-13-18(26)21-15-8-6-7-14(20)11-15/h3-11H,12-13H2,1-2H3,(H,21,26). The van der Waals surface area contributed by atoms with Gasteiger partial charge in [-0.25, -0.2) is 8.42 Å². The van der Waals surface area contributed by atoms with Crippen molar-refractivity contribution in [3.8, 4) is 0 Å². The highest BCUT2D eigenvalue weighted by molar-refractivity contribution is 7.99. The van der Waals surface area contributed by atoms with Crippen molar-refractivity contribution >= 4 is 50.7 Å². The minimum atomic E-state index is -3.52. The van der Waals surface area contributed by atoms with Gasteiger partial charge in [0.15, 0.2) is 11.0 Å². The lowest BCUT2D eigenvalue weighted by Crippen LogP contribution is -2.30. The fourth-order valence-electron chi connectivity index (χ4n) is 2.62. The molecule has 0 atom stereocenters. The number of carbonyl (C=O) groups excluding carboxylic acids is 1. The Labute approximate surface area is 184 Å². The number of rotatable bonds is 8. The summed E-state index contributed by atoms with van der Waals surface area (Å²) < 4.78 is 27.5. The largest absolute Gasteiger partial charge is 0.325 e. The first-order valence-electron chi connectivity index (χ1n) is 8.83. The molecule has 0 fully saturated rings. The summed E-state index contributed by atoms with van der Waals surface area (Å²) in [6.07, 6.45) is 1.15. The summed E-state index contributed by atoms with van der Waals surface area (Å²) in [5.74, 6) is 0.364. The van der Waals surface area contributed by atoms with Crippen LogP contribution in [0.25, 0.3) is 0 Å². The summed E-state index contributed by atoms with van der Waals surface area (Å²) >= 11 is 7.12. The fourth-order valence-corrected chi connectivity index (χ4v) is 4.40. The SMILES string of the molecule is Cn1c(CN(c2ccccc2)S(C)(=O)=O)nnc1SCC(=O)Nc1cccc(Cl)c1. The monoisotopic (exact) mass is 465 g/mol. The highest BCUT2D eigenvalue weighted by Crippen LogP contribution is 2.22. The molecule has 0 aliphatic carbocycles. The number of nitrogens with zero attached hydrogens (tertiary/aromatic N) is 4. The first-order chi connectivity index (χ1) is 14.2. The van der Waals surface area contributed by atoms with E-state index in [1.807, 2.05) is 6.07 Å². The Morgan fingerprint density at radius 2 is 1.90 bits per heavy atom. The van der Waals surface area contributed by atoms with Crippen molar-refractivity contribution in [2.75, 3.05) is 21.6 Å². The van der Waals surface area contributed by atoms with Crippen molar-refractivity contribution in [2.24, 2.45) is 7.05 Å². The molecule has 1 N–H and O–H groups in total. The molecule has 0 bridgehead atoms. The summed E-state index contributed by atoms with van der Waals surface area (Å²) in [6.45, 7) is 0.0294. The number of para-hydroxylation sites is 1. The number of anilines is 2. The third-order valence-corrected chi connectivity index (χ3v) is 6.49. The van der Waals surface area contributed by atoms with E-state index in [1.54, 1.807) is 60.1 Å². The molecule has 0 saturated heterocycles. The maximum absolute atomic E-state index is 12.3. The number of halogens is 1. The van der Waals surface area contributed by atoms with Crippen molar-refractivity contribution in [3.63, 3.8) is 0 Å². The molecule has 3 aromatic rings. The lowest BCUT2D eigenvalue weighted by atomic mass is 10.3. The molecule has 0 aliphatic rings. The second kappa shape index (κ2) is 9.50. The van der Waals surface area contributed by atoms with Gasteiger partial charge in [0.25, 0.3) is 0 Å². The molecule has 3 rings (SSSR count). The van der Waals surface area contributed by atoms with Gasteiger partial charge >= 0.3 is 0 Å². The molecule has 158 valence electrons. The molecule has 30 heavy (non-hydrogen) atoms. The third kappa shape index (κ3) is 5.74. The minimum Gasteiger partial charge on any atom is -0.325 e. The number of hydrogen-bond donors (Lipinski definition) is 1. The Morgan fingerprint density at radius 1 is 1.17 bits per heavy atom. The van der Waals surface area contributed by atoms with Crippen LogP contribution in [0.5, 0.6) is 0 Å². The molecule has 0 unspecified atom stereocenters. The van der Waals surface area contributed by atoms with Crippen LogP contribution < -0.4 is 9.62 Å². The summed E-state index contributed by atoms with van der Waals surface area (Å²) in [5.41, 5.74) is 1.15. The van der Waals surface area contributed by atoms with Gasteiger partial charge in [-0.2, -0.15) is 0 Å². The molecule has 8 nitrogen and oxygen atoms in total. The van der Waals surface area contributed by atoms with Crippen LogP contribution in [0.3, 0.4) is 0 Å². The summed E-state index contributed by atoms with van der Waals surface area (Å²) in [5, 5.41) is 12.0. The van der Waals surface area contributed by atoms with E-state index in [2.05, 4.69) is 15.5 Å². The first kappa shape index (κ1) is 22.1. The second-order valence-corrected chi connectivity index (χ2v) is 9.70. The maximum atomic E-state index is 12.3. The molecule has 1 amide bonds. The zero-order chi connectivity index (χ0) is 21.7. The number of carbonyl (C=O) groups is 1. The van der Waals surface area contributed by atoms with E-state index in [0.717, 1.165) is 6.26 Å². The summed E-state index contributed by atoms with van der Waals surface area (Å²) in [4.78, 5) is 12.2. The van der Waals surface area contributed by atoms with E-state index in [4.69, 9.17) is 11.6 Å². The van der Waals surface area contributed by atoms with Crippen LogP contribution in [-0.4, -0.2) is 41.1 Å². The van der Waals surface area contributed by atoms with Gasteiger partial charge in [0.05, 0.1) is 24.2 Å². The Kier molecular flexibility index (Phi) is 7.01. The van der Waals surface area contributed by atoms with Gasteiger partial charge in [0.2, 0.25) is 15.9 Å². The number of aromatic nitrogens is 3. The van der Waals surface area contributed by atoms with Crippen molar-refractivity contribution in [1.29, 1.82) is 0 Å². The van der Waals surface area contributed by atoms with Gasteiger partial charge in [-0.3, -0.25) is 9.10 Å². The number of hydrogen-bond acceptors (Lipinski definition) is 6.